The van der Waals surface area contributed by atoms with Gasteiger partial charge in [0.05, 0.1) is 15.6 Å². The summed E-state index contributed by atoms with van der Waals surface area (Å²) in [6.45, 7) is 1.66. The minimum Gasteiger partial charge on any atom is -0.397 e. The van der Waals surface area contributed by atoms with Gasteiger partial charge in [0.1, 0.15) is 0 Å². The predicted octanol–water partition coefficient (Wildman–Crippen LogP) is 0.987. The SMILES string of the molecule is Cc1cc(Cl)c(N)cc1S(=O)(=O)NCCC(=O)N(C)C. The van der Waals surface area contributed by atoms with E-state index in [-0.39, 0.29) is 29.5 Å². The maximum absolute atomic E-state index is 12.1. The van der Waals surface area contributed by atoms with E-state index in [0.29, 0.717) is 10.6 Å². The Balaban J connectivity index is 2.85. The van der Waals surface area contributed by atoms with Crippen molar-refractivity contribution in [1.82, 2.24) is 9.62 Å². The Hall–Kier alpha value is -1.31. The van der Waals surface area contributed by atoms with E-state index in [1.54, 1.807) is 21.0 Å². The monoisotopic (exact) mass is 319 g/mol. The maximum Gasteiger partial charge on any atom is 0.240 e. The Morgan fingerprint density at radius 1 is 1.40 bits per heavy atom. The highest BCUT2D eigenvalue weighted by atomic mass is 35.5. The zero-order valence-electron chi connectivity index (χ0n) is 11.6. The lowest BCUT2D eigenvalue weighted by Gasteiger charge is -2.12. The molecule has 0 saturated heterocycles. The predicted molar refractivity (Wildman–Crippen MR) is 79.1 cm³/mol. The number of sulfonamides is 1. The number of nitrogens with one attached hydrogen (secondary N) is 1. The third-order valence-electron chi connectivity index (χ3n) is 2.71. The fourth-order valence-corrected chi connectivity index (χ4v) is 3.06. The number of halogens is 1. The van der Waals surface area contributed by atoms with Crippen molar-refractivity contribution >= 4 is 33.2 Å². The molecule has 0 saturated carbocycles. The molecule has 0 fully saturated rings. The fraction of sp³-hybridized carbons (Fsp3) is 0.417. The average Bonchev–Trinajstić information content (AvgIpc) is 2.33. The van der Waals surface area contributed by atoms with E-state index in [4.69, 9.17) is 17.3 Å². The lowest BCUT2D eigenvalue weighted by atomic mass is 10.2. The first-order valence-electron chi connectivity index (χ1n) is 5.90. The first kappa shape index (κ1) is 16.7. The van der Waals surface area contributed by atoms with Crippen molar-refractivity contribution in [2.75, 3.05) is 26.4 Å². The van der Waals surface area contributed by atoms with Crippen molar-refractivity contribution in [2.45, 2.75) is 18.2 Å². The number of aryl methyl sites for hydroxylation is 1. The molecule has 0 unspecified atom stereocenters. The van der Waals surface area contributed by atoms with Crippen LogP contribution in [-0.2, 0) is 14.8 Å². The van der Waals surface area contributed by atoms with Crippen molar-refractivity contribution in [3.8, 4) is 0 Å². The second-order valence-corrected chi connectivity index (χ2v) is 6.72. The van der Waals surface area contributed by atoms with Crippen molar-refractivity contribution < 1.29 is 13.2 Å². The van der Waals surface area contributed by atoms with Gasteiger partial charge in [-0.15, -0.1) is 0 Å². The van der Waals surface area contributed by atoms with E-state index in [1.807, 2.05) is 0 Å². The summed E-state index contributed by atoms with van der Waals surface area (Å²) in [4.78, 5) is 12.9. The van der Waals surface area contributed by atoms with E-state index in [9.17, 15) is 13.2 Å². The molecule has 0 radical (unpaired) electrons. The van der Waals surface area contributed by atoms with Crippen LogP contribution in [0.2, 0.25) is 5.02 Å². The molecule has 0 aromatic heterocycles. The van der Waals surface area contributed by atoms with Gasteiger partial charge in [0.2, 0.25) is 15.9 Å². The van der Waals surface area contributed by atoms with Crippen LogP contribution in [0.15, 0.2) is 17.0 Å². The number of hydrogen-bond donors (Lipinski definition) is 2. The summed E-state index contributed by atoms with van der Waals surface area (Å²) < 4.78 is 26.6. The molecule has 0 aliphatic carbocycles. The molecule has 0 aliphatic rings. The molecule has 0 bridgehead atoms. The molecule has 1 rings (SSSR count). The molecule has 6 nitrogen and oxygen atoms in total. The minimum atomic E-state index is -3.71. The molecule has 1 aromatic carbocycles. The molecule has 20 heavy (non-hydrogen) atoms. The van der Waals surface area contributed by atoms with Crippen LogP contribution in [0.5, 0.6) is 0 Å². The van der Waals surface area contributed by atoms with Gasteiger partial charge >= 0.3 is 0 Å². The van der Waals surface area contributed by atoms with E-state index < -0.39 is 10.0 Å². The van der Waals surface area contributed by atoms with Gasteiger partial charge < -0.3 is 10.6 Å². The number of anilines is 1. The molecule has 0 aliphatic heterocycles. The van der Waals surface area contributed by atoms with Gasteiger partial charge in [-0.25, -0.2) is 13.1 Å². The van der Waals surface area contributed by atoms with Gasteiger partial charge in [0.15, 0.2) is 0 Å². The highest BCUT2D eigenvalue weighted by Crippen LogP contribution is 2.25. The topological polar surface area (TPSA) is 92.5 Å². The van der Waals surface area contributed by atoms with Crippen LogP contribution < -0.4 is 10.5 Å². The van der Waals surface area contributed by atoms with Crippen molar-refractivity contribution in [1.29, 1.82) is 0 Å². The van der Waals surface area contributed by atoms with Crippen LogP contribution in [0, 0.1) is 6.92 Å². The maximum atomic E-state index is 12.1. The highest BCUT2D eigenvalue weighted by molar-refractivity contribution is 7.89. The Morgan fingerprint density at radius 2 is 2.00 bits per heavy atom. The molecule has 0 heterocycles. The van der Waals surface area contributed by atoms with Crippen molar-refractivity contribution in [3.05, 3.63) is 22.7 Å². The zero-order valence-corrected chi connectivity index (χ0v) is 13.2. The van der Waals surface area contributed by atoms with Crippen LogP contribution in [0.25, 0.3) is 0 Å². The quantitative estimate of drug-likeness (QED) is 0.791. The van der Waals surface area contributed by atoms with Gasteiger partial charge in [-0.2, -0.15) is 0 Å². The molecule has 1 amide bonds. The number of benzene rings is 1. The second-order valence-electron chi connectivity index (χ2n) is 4.58. The van der Waals surface area contributed by atoms with Gasteiger partial charge in [-0.3, -0.25) is 4.79 Å². The summed E-state index contributed by atoms with van der Waals surface area (Å²) in [5, 5.41) is 0.309. The van der Waals surface area contributed by atoms with Gasteiger partial charge in [-0.05, 0) is 24.6 Å². The van der Waals surface area contributed by atoms with Crippen LogP contribution in [-0.4, -0.2) is 39.9 Å². The Labute approximate surface area is 123 Å². The lowest BCUT2D eigenvalue weighted by Crippen LogP contribution is -2.30. The standard InChI is InChI=1S/C12H18ClN3O3S/c1-8-6-9(13)10(14)7-11(8)20(18,19)15-5-4-12(17)16(2)3/h6-7,15H,4-5,14H2,1-3H3. The third-order valence-corrected chi connectivity index (χ3v) is 4.64. The van der Waals surface area contributed by atoms with E-state index in [1.165, 1.54) is 17.0 Å². The van der Waals surface area contributed by atoms with Crippen molar-refractivity contribution in [2.24, 2.45) is 0 Å². The first-order chi connectivity index (χ1) is 9.15. The largest absolute Gasteiger partial charge is 0.397 e. The Morgan fingerprint density at radius 3 is 2.55 bits per heavy atom. The van der Waals surface area contributed by atoms with Crippen LogP contribution >= 0.6 is 11.6 Å². The summed E-state index contributed by atoms with van der Waals surface area (Å²) >= 11 is 5.83. The van der Waals surface area contributed by atoms with Gasteiger partial charge in [0, 0.05) is 27.1 Å². The molecular formula is C12H18ClN3O3S. The summed E-state index contributed by atoms with van der Waals surface area (Å²) in [5.74, 6) is -0.153. The zero-order chi connectivity index (χ0) is 15.5. The number of nitrogens with two attached hydrogens (primary N) is 1. The molecule has 3 N–H and O–H groups in total. The van der Waals surface area contributed by atoms with Gasteiger partial charge in [-0.1, -0.05) is 11.6 Å². The Bertz CT molecular complexity index is 615. The number of nitrogen functional groups attached to an aromatic ring is 1. The lowest BCUT2D eigenvalue weighted by molar-refractivity contribution is -0.128. The fourth-order valence-electron chi connectivity index (χ4n) is 1.55. The average molecular weight is 320 g/mol. The van der Waals surface area contributed by atoms with Crippen LogP contribution in [0.4, 0.5) is 5.69 Å². The van der Waals surface area contributed by atoms with Crippen molar-refractivity contribution in [3.63, 3.8) is 0 Å². The minimum absolute atomic E-state index is 0.0291. The molecule has 112 valence electrons. The number of rotatable bonds is 5. The number of amides is 1. The van der Waals surface area contributed by atoms with Crippen LogP contribution in [0.1, 0.15) is 12.0 Å². The first-order valence-corrected chi connectivity index (χ1v) is 7.76. The summed E-state index contributed by atoms with van der Waals surface area (Å²) in [5.41, 5.74) is 6.31. The van der Waals surface area contributed by atoms with E-state index in [2.05, 4.69) is 4.72 Å². The van der Waals surface area contributed by atoms with E-state index in [0.717, 1.165) is 0 Å². The molecule has 1 aromatic rings. The normalized spacial score (nSPS) is 11.4. The highest BCUT2D eigenvalue weighted by Gasteiger charge is 2.18. The van der Waals surface area contributed by atoms with Gasteiger partial charge in [0.25, 0.3) is 0 Å². The molecular weight excluding hydrogens is 302 g/mol. The summed E-state index contributed by atoms with van der Waals surface area (Å²) in [6, 6.07) is 2.81. The van der Waals surface area contributed by atoms with E-state index >= 15 is 0 Å². The number of carbonyl (C=O) groups excluding carboxylic acids is 1. The summed E-state index contributed by atoms with van der Waals surface area (Å²) in [7, 11) is -0.487. The number of carbonyl (C=O) groups is 1. The summed E-state index contributed by atoms with van der Waals surface area (Å²) in [6.07, 6.45) is 0.0916. The smallest absolute Gasteiger partial charge is 0.240 e. The number of hydrogen-bond acceptors (Lipinski definition) is 4. The third kappa shape index (κ3) is 4.09. The van der Waals surface area contributed by atoms with Crippen LogP contribution in [0.3, 0.4) is 0 Å². The second kappa shape index (κ2) is 6.43. The number of nitrogens with zero attached hydrogens (tertiary/aromatic N) is 1. The molecule has 8 heteroatoms. The Kier molecular flexibility index (Phi) is 5.38. The molecule has 0 spiro atoms. The molecule has 0 atom stereocenters.